The first-order chi connectivity index (χ1) is 26.5. The summed E-state index contributed by atoms with van der Waals surface area (Å²) in [5.41, 5.74) is 6.24. The van der Waals surface area contributed by atoms with Crippen molar-refractivity contribution in [3.05, 3.63) is 240 Å². The van der Waals surface area contributed by atoms with Crippen molar-refractivity contribution in [2.45, 2.75) is 85.6 Å². The molecule has 0 bridgehead atoms. The van der Waals surface area contributed by atoms with Crippen LogP contribution in [-0.2, 0) is 0 Å². The maximum Gasteiger partial charge on any atom is 0.250 e. The van der Waals surface area contributed by atoms with Crippen molar-refractivity contribution >= 4 is 0 Å². The SMILES string of the molecule is C.C.C.C.C.Cc1cc[nH]c(=O)c1.Cc1ccc(=O)[nH]c1.Cc1ccc(=O)[nH]c1.Cc1ccc[nH]c1=O.Cc1ccc[nH]c1=O.Cc1cccc(=O)[nH]1.Cc1cccc(=O)[nH]1. The lowest BCUT2D eigenvalue weighted by Gasteiger charge is -1.84. The summed E-state index contributed by atoms with van der Waals surface area (Å²) < 4.78 is 0. The molecule has 7 rings (SSSR count). The molecule has 0 aromatic carbocycles. The van der Waals surface area contributed by atoms with Crippen molar-refractivity contribution < 1.29 is 0 Å². The van der Waals surface area contributed by atoms with Gasteiger partial charge in [0, 0.05) is 83.8 Å². The summed E-state index contributed by atoms with van der Waals surface area (Å²) in [4.78, 5) is 91.1. The van der Waals surface area contributed by atoms with E-state index in [1.807, 2.05) is 52.8 Å². The molecule has 0 saturated heterocycles. The molecular formula is C47H69N7O7. The summed E-state index contributed by atoms with van der Waals surface area (Å²) in [6, 6.07) is 27.3. The number of aromatic nitrogens is 7. The molecule has 14 heteroatoms. The van der Waals surface area contributed by atoms with Crippen molar-refractivity contribution in [1.82, 2.24) is 34.9 Å². The molecule has 61 heavy (non-hydrogen) atoms. The normalized spacial score (nSPS) is 8.38. The Morgan fingerprint density at radius 1 is 0.328 bits per heavy atom. The van der Waals surface area contributed by atoms with Crippen molar-refractivity contribution in [1.29, 1.82) is 0 Å². The van der Waals surface area contributed by atoms with E-state index in [-0.39, 0.29) is 76.0 Å². The van der Waals surface area contributed by atoms with Crippen molar-refractivity contribution in [3.63, 3.8) is 0 Å². The molecular weight excluding hydrogens is 775 g/mol. The zero-order chi connectivity index (χ0) is 41.9. The minimum atomic E-state index is -0.0457. The summed E-state index contributed by atoms with van der Waals surface area (Å²) >= 11 is 0. The van der Waals surface area contributed by atoms with Crippen LogP contribution < -0.4 is 38.9 Å². The molecule has 14 nitrogen and oxygen atoms in total. The van der Waals surface area contributed by atoms with Gasteiger partial charge < -0.3 is 34.9 Å². The Morgan fingerprint density at radius 2 is 0.721 bits per heavy atom. The summed E-state index contributed by atoms with van der Waals surface area (Å²) in [5.74, 6) is 0. The van der Waals surface area contributed by atoms with Crippen LogP contribution in [0.4, 0.5) is 0 Å². The van der Waals surface area contributed by atoms with Gasteiger partial charge in [-0.3, -0.25) is 33.6 Å². The zero-order valence-electron chi connectivity index (χ0n) is 32.5. The van der Waals surface area contributed by atoms with E-state index < -0.39 is 0 Å². The molecule has 0 fully saturated rings. The second-order valence-corrected chi connectivity index (χ2v) is 12.0. The number of aryl methyl sites for hydroxylation is 7. The van der Waals surface area contributed by atoms with Gasteiger partial charge in [-0.25, -0.2) is 0 Å². The number of rotatable bonds is 0. The highest BCUT2D eigenvalue weighted by molar-refractivity contribution is 5.08. The van der Waals surface area contributed by atoms with E-state index in [4.69, 9.17) is 0 Å². The van der Waals surface area contributed by atoms with Gasteiger partial charge in [-0.15, -0.1) is 0 Å². The third-order valence-electron chi connectivity index (χ3n) is 6.67. The number of aromatic amines is 7. The number of hydrogen-bond acceptors (Lipinski definition) is 7. The summed E-state index contributed by atoms with van der Waals surface area (Å²) in [6.45, 7) is 13.0. The van der Waals surface area contributed by atoms with Crippen LogP contribution in [0.15, 0.2) is 162 Å². The molecule has 7 aromatic heterocycles. The fraction of sp³-hybridized carbons (Fsp3) is 0.255. The maximum atomic E-state index is 10.6. The third-order valence-corrected chi connectivity index (χ3v) is 6.67. The molecule has 7 heterocycles. The first-order valence-electron chi connectivity index (χ1n) is 17.1. The molecule has 0 amide bonds. The van der Waals surface area contributed by atoms with Gasteiger partial charge in [0.1, 0.15) is 0 Å². The highest BCUT2D eigenvalue weighted by Gasteiger charge is 1.85. The fourth-order valence-electron chi connectivity index (χ4n) is 3.66. The highest BCUT2D eigenvalue weighted by atomic mass is 16.1. The summed E-state index contributed by atoms with van der Waals surface area (Å²) in [6.07, 6.45) is 8.24. The molecule has 7 N–H and O–H groups in total. The molecule has 0 aliphatic rings. The van der Waals surface area contributed by atoms with Crippen LogP contribution >= 0.6 is 0 Å². The van der Waals surface area contributed by atoms with Crippen molar-refractivity contribution in [3.8, 4) is 0 Å². The van der Waals surface area contributed by atoms with E-state index >= 15 is 0 Å². The lowest BCUT2D eigenvalue weighted by molar-refractivity contribution is 1.14. The van der Waals surface area contributed by atoms with Crippen LogP contribution in [0.2, 0.25) is 0 Å². The summed E-state index contributed by atoms with van der Waals surface area (Å²) in [5, 5.41) is 0. The lowest BCUT2D eigenvalue weighted by atomic mass is 10.3. The van der Waals surface area contributed by atoms with Gasteiger partial charge >= 0.3 is 0 Å². The zero-order valence-corrected chi connectivity index (χ0v) is 32.5. The maximum absolute atomic E-state index is 10.6. The van der Waals surface area contributed by atoms with E-state index in [9.17, 15) is 33.6 Å². The Balaban J connectivity index is -0.000000197. The van der Waals surface area contributed by atoms with Crippen LogP contribution in [0.1, 0.15) is 76.3 Å². The van der Waals surface area contributed by atoms with Crippen LogP contribution in [0.3, 0.4) is 0 Å². The van der Waals surface area contributed by atoms with E-state index in [0.717, 1.165) is 39.2 Å². The number of hydrogen-bond donors (Lipinski definition) is 7. The molecule has 0 aliphatic carbocycles. The van der Waals surface area contributed by atoms with Crippen molar-refractivity contribution in [2.75, 3.05) is 0 Å². The highest BCUT2D eigenvalue weighted by Crippen LogP contribution is 1.87. The molecule has 0 unspecified atom stereocenters. The monoisotopic (exact) mass is 844 g/mol. The minimum absolute atomic E-state index is 0. The van der Waals surface area contributed by atoms with E-state index in [0.29, 0.717) is 0 Å². The van der Waals surface area contributed by atoms with Gasteiger partial charge in [0.05, 0.1) is 0 Å². The first kappa shape index (κ1) is 62.8. The Bertz CT molecular complexity index is 2330. The number of nitrogens with one attached hydrogen (secondary N) is 7. The average molecular weight is 844 g/mol. The smallest absolute Gasteiger partial charge is 0.250 e. The molecule has 0 aliphatic heterocycles. The van der Waals surface area contributed by atoms with Gasteiger partial charge in [-0.1, -0.05) is 73.5 Å². The predicted molar refractivity (Wildman–Crippen MR) is 256 cm³/mol. The lowest BCUT2D eigenvalue weighted by Crippen LogP contribution is -2.06. The van der Waals surface area contributed by atoms with Gasteiger partial charge in [-0.2, -0.15) is 0 Å². The fourth-order valence-corrected chi connectivity index (χ4v) is 3.66. The Morgan fingerprint density at radius 3 is 0.918 bits per heavy atom. The number of H-pyrrole nitrogens is 7. The van der Waals surface area contributed by atoms with Gasteiger partial charge in [0.15, 0.2) is 0 Å². The van der Waals surface area contributed by atoms with Gasteiger partial charge in [0.25, 0.3) is 11.1 Å². The van der Waals surface area contributed by atoms with E-state index in [1.54, 1.807) is 99.4 Å². The van der Waals surface area contributed by atoms with Gasteiger partial charge in [0.2, 0.25) is 27.8 Å². The van der Waals surface area contributed by atoms with E-state index in [2.05, 4.69) is 34.9 Å². The molecule has 0 spiro atoms. The Kier molecular flexibility index (Phi) is 36.9. The minimum Gasteiger partial charge on any atom is -0.329 e. The second kappa shape index (κ2) is 35.8. The predicted octanol–water partition coefficient (Wildman–Crippen LogP) is 7.96. The Labute approximate surface area is 359 Å². The Hall–Kier alpha value is -7.35. The molecule has 0 saturated carbocycles. The second-order valence-electron chi connectivity index (χ2n) is 12.0. The standard InChI is InChI=1S/7C6H7NO.5CH4/c1-5-2-3-7-6(8)4-5;2*1-5-2-3-6(8)7-4-5;2*1-5-3-2-4-7-6(5)8;2*1-5-3-2-4-6(8)7-5;;;;;/h7*2-4H,1H3,(H,7,8);5*1H4. The number of pyridine rings is 7. The van der Waals surface area contributed by atoms with Crippen LogP contribution in [0.5, 0.6) is 0 Å². The third kappa shape index (κ3) is 32.3. The van der Waals surface area contributed by atoms with E-state index in [1.165, 1.54) is 24.3 Å². The van der Waals surface area contributed by atoms with Crippen LogP contribution in [0.25, 0.3) is 0 Å². The summed E-state index contributed by atoms with van der Waals surface area (Å²) in [7, 11) is 0. The quantitative estimate of drug-likeness (QED) is 0.0795. The average Bonchev–Trinajstić information content (AvgIpc) is 3.15. The largest absolute Gasteiger partial charge is 0.329 e. The molecule has 0 radical (unpaired) electrons. The van der Waals surface area contributed by atoms with Crippen molar-refractivity contribution in [2.24, 2.45) is 0 Å². The topological polar surface area (TPSA) is 230 Å². The van der Waals surface area contributed by atoms with Crippen LogP contribution in [0, 0.1) is 48.5 Å². The first-order valence-corrected chi connectivity index (χ1v) is 17.1. The molecule has 0 atom stereocenters. The molecule has 7 aromatic rings. The van der Waals surface area contributed by atoms with Gasteiger partial charge in [-0.05, 0) is 95.5 Å². The molecule has 334 valence electrons. The van der Waals surface area contributed by atoms with Crippen LogP contribution in [-0.4, -0.2) is 34.9 Å².